The van der Waals surface area contributed by atoms with Gasteiger partial charge in [0.1, 0.15) is 36.4 Å². The standard InChI is InChI=1S/C20H20N2O2/c1-3-22(4-2)13-9-10-16-18(11-13)24-19-12-17(23)14-7-5-6-8-15(14)20(19)21-16/h5-12,16-17H,3-4H2,1-2H3. The van der Waals surface area contributed by atoms with Crippen molar-refractivity contribution in [2.75, 3.05) is 13.1 Å². The maximum Gasteiger partial charge on any atom is 0.203 e. The molecule has 1 aromatic rings. The van der Waals surface area contributed by atoms with E-state index in [4.69, 9.17) is 9.73 Å². The largest absolute Gasteiger partial charge is 0.845 e. The van der Waals surface area contributed by atoms with E-state index < -0.39 is 6.10 Å². The molecule has 0 radical (unpaired) electrons. The van der Waals surface area contributed by atoms with Gasteiger partial charge in [0.2, 0.25) is 5.71 Å². The molecule has 0 saturated carbocycles. The van der Waals surface area contributed by atoms with Crippen LogP contribution in [0.4, 0.5) is 0 Å². The first kappa shape index (κ1) is 15.1. The third-order valence-corrected chi connectivity index (χ3v) is 4.71. The van der Waals surface area contributed by atoms with Crippen LogP contribution in [0.5, 0.6) is 0 Å². The number of nitrogens with zero attached hydrogens (tertiary/aromatic N) is 2. The van der Waals surface area contributed by atoms with Crippen LogP contribution in [0.15, 0.2) is 65.1 Å². The Morgan fingerprint density at radius 1 is 1.21 bits per heavy atom. The highest BCUT2D eigenvalue weighted by Gasteiger charge is 2.31. The highest BCUT2D eigenvalue weighted by Crippen LogP contribution is 2.34. The Balaban J connectivity index is 1.79. The summed E-state index contributed by atoms with van der Waals surface area (Å²) in [6, 6.07) is 7.53. The Morgan fingerprint density at radius 2 is 2.00 bits per heavy atom. The smallest absolute Gasteiger partial charge is 0.203 e. The van der Waals surface area contributed by atoms with Crippen molar-refractivity contribution < 1.29 is 14.4 Å². The van der Waals surface area contributed by atoms with E-state index >= 15 is 0 Å². The molecule has 0 saturated heterocycles. The lowest BCUT2D eigenvalue weighted by Crippen LogP contribution is -2.32. The minimum absolute atomic E-state index is 0.118. The number of fused-ring (bicyclic) bond motifs is 4. The summed E-state index contributed by atoms with van der Waals surface area (Å²) in [5.74, 6) is 1.38. The number of allylic oxidation sites excluding steroid dienone is 3. The molecule has 0 N–H and O–H groups in total. The summed E-state index contributed by atoms with van der Waals surface area (Å²) in [6.07, 6.45) is 6.94. The Morgan fingerprint density at radius 3 is 2.79 bits per heavy atom. The minimum atomic E-state index is -0.905. The van der Waals surface area contributed by atoms with Gasteiger partial charge in [0.25, 0.3) is 0 Å². The van der Waals surface area contributed by atoms with Crippen LogP contribution in [0.1, 0.15) is 31.1 Å². The van der Waals surface area contributed by atoms with E-state index in [9.17, 15) is 5.11 Å². The van der Waals surface area contributed by atoms with Crippen LogP contribution in [0.2, 0.25) is 0 Å². The zero-order valence-corrected chi connectivity index (χ0v) is 13.9. The molecule has 3 aliphatic rings. The Kier molecular flexibility index (Phi) is 3.69. The van der Waals surface area contributed by atoms with Crippen LogP contribution in [0.25, 0.3) is 0 Å². The van der Waals surface area contributed by atoms with Crippen molar-refractivity contribution in [3.05, 3.63) is 71.2 Å². The molecule has 2 atom stereocenters. The summed E-state index contributed by atoms with van der Waals surface area (Å²) in [6.45, 7) is 6.15. The first-order valence-corrected chi connectivity index (χ1v) is 8.46. The summed E-state index contributed by atoms with van der Waals surface area (Å²) in [5.41, 5.74) is 3.57. The fraction of sp³-hybridized carbons (Fsp3) is 0.300. The van der Waals surface area contributed by atoms with E-state index in [1.54, 1.807) is 6.08 Å². The van der Waals surface area contributed by atoms with Crippen molar-refractivity contribution in [2.24, 2.45) is 4.99 Å². The van der Waals surface area contributed by atoms with Gasteiger partial charge in [-0.2, -0.15) is 0 Å². The van der Waals surface area contributed by atoms with Crippen molar-refractivity contribution in [3.63, 3.8) is 0 Å². The van der Waals surface area contributed by atoms with E-state index in [2.05, 4.69) is 30.6 Å². The molecule has 0 spiro atoms. The van der Waals surface area contributed by atoms with Gasteiger partial charge in [-0.05, 0) is 31.6 Å². The molecule has 1 heterocycles. The third kappa shape index (κ3) is 2.34. The fourth-order valence-electron chi connectivity index (χ4n) is 3.43. The molecule has 0 amide bonds. The van der Waals surface area contributed by atoms with Gasteiger partial charge in [-0.3, -0.25) is 4.99 Å². The summed E-state index contributed by atoms with van der Waals surface area (Å²) in [5, 5.41) is 12.4. The van der Waals surface area contributed by atoms with Gasteiger partial charge in [-0.15, -0.1) is 0 Å². The Bertz CT molecular complexity index is 837. The molecule has 0 aromatic heterocycles. The molecule has 2 aliphatic carbocycles. The zero-order valence-electron chi connectivity index (χ0n) is 13.9. The van der Waals surface area contributed by atoms with E-state index in [-0.39, 0.29) is 6.04 Å². The molecular formula is C20H20N2O2. The SMILES string of the molecule is CC[N+](CC)=C1C=CC2N=C3C(=CC([O-])c4ccccc43)OC2=C1. The number of ether oxygens (including phenoxy) is 1. The van der Waals surface area contributed by atoms with Gasteiger partial charge >= 0.3 is 0 Å². The topological polar surface area (TPSA) is 47.7 Å². The van der Waals surface area contributed by atoms with Crippen LogP contribution >= 0.6 is 0 Å². The van der Waals surface area contributed by atoms with Gasteiger partial charge in [0, 0.05) is 11.6 Å². The van der Waals surface area contributed by atoms with Crippen molar-refractivity contribution in [2.45, 2.75) is 26.0 Å². The fourth-order valence-corrected chi connectivity index (χ4v) is 3.43. The number of benzene rings is 1. The molecule has 1 aliphatic heterocycles. The average Bonchev–Trinajstić information content (AvgIpc) is 2.62. The number of rotatable bonds is 2. The summed E-state index contributed by atoms with van der Waals surface area (Å²) >= 11 is 0. The van der Waals surface area contributed by atoms with E-state index in [0.717, 1.165) is 41.4 Å². The van der Waals surface area contributed by atoms with Crippen LogP contribution in [-0.4, -0.2) is 35.1 Å². The van der Waals surface area contributed by atoms with Gasteiger partial charge < -0.3 is 9.84 Å². The number of hydrogen-bond acceptors (Lipinski definition) is 3. The van der Waals surface area contributed by atoms with Gasteiger partial charge in [-0.25, -0.2) is 4.58 Å². The van der Waals surface area contributed by atoms with Gasteiger partial charge in [0.05, 0.1) is 6.08 Å². The van der Waals surface area contributed by atoms with Crippen molar-refractivity contribution in [3.8, 4) is 0 Å². The van der Waals surface area contributed by atoms with Crippen LogP contribution in [-0.2, 0) is 4.74 Å². The quantitative estimate of drug-likeness (QED) is 0.784. The lowest BCUT2D eigenvalue weighted by molar-refractivity contribution is -0.519. The first-order valence-electron chi connectivity index (χ1n) is 8.46. The van der Waals surface area contributed by atoms with Crippen molar-refractivity contribution in [1.29, 1.82) is 0 Å². The van der Waals surface area contributed by atoms with E-state index in [0.29, 0.717) is 5.76 Å². The van der Waals surface area contributed by atoms with Gasteiger partial charge in [-0.1, -0.05) is 30.4 Å². The lowest BCUT2D eigenvalue weighted by Gasteiger charge is -2.34. The highest BCUT2D eigenvalue weighted by atomic mass is 16.5. The highest BCUT2D eigenvalue weighted by molar-refractivity contribution is 6.14. The zero-order chi connectivity index (χ0) is 16.7. The second-order valence-electron chi connectivity index (χ2n) is 6.07. The molecule has 122 valence electrons. The lowest BCUT2D eigenvalue weighted by atomic mass is 9.90. The molecule has 4 heteroatoms. The summed E-state index contributed by atoms with van der Waals surface area (Å²) in [7, 11) is 0. The van der Waals surface area contributed by atoms with Crippen molar-refractivity contribution >= 4 is 11.4 Å². The normalized spacial score (nSPS) is 24.0. The third-order valence-electron chi connectivity index (χ3n) is 4.71. The number of hydrogen-bond donors (Lipinski definition) is 0. The van der Waals surface area contributed by atoms with Crippen LogP contribution < -0.4 is 5.11 Å². The Hall–Kier alpha value is -2.46. The molecule has 4 nitrogen and oxygen atoms in total. The van der Waals surface area contributed by atoms with E-state index in [1.165, 1.54) is 0 Å². The molecule has 4 rings (SSSR count). The molecular weight excluding hydrogens is 300 g/mol. The second kappa shape index (κ2) is 5.87. The average molecular weight is 320 g/mol. The molecule has 0 fully saturated rings. The molecule has 24 heavy (non-hydrogen) atoms. The Labute approximate surface area is 141 Å². The minimum Gasteiger partial charge on any atom is -0.845 e. The van der Waals surface area contributed by atoms with Crippen LogP contribution in [0, 0.1) is 0 Å². The maximum atomic E-state index is 12.4. The molecule has 2 unspecified atom stereocenters. The first-order chi connectivity index (χ1) is 11.7. The maximum absolute atomic E-state index is 12.4. The monoisotopic (exact) mass is 320 g/mol. The van der Waals surface area contributed by atoms with Crippen LogP contribution in [0.3, 0.4) is 0 Å². The van der Waals surface area contributed by atoms with E-state index in [1.807, 2.05) is 30.3 Å². The number of aliphatic imine (C=N–C) groups is 1. The predicted octanol–water partition coefficient (Wildman–Crippen LogP) is 2.12. The second-order valence-corrected chi connectivity index (χ2v) is 6.07. The van der Waals surface area contributed by atoms with Gasteiger partial charge in [0.15, 0.2) is 0 Å². The van der Waals surface area contributed by atoms with Crippen molar-refractivity contribution in [1.82, 2.24) is 0 Å². The molecule has 0 bridgehead atoms. The predicted molar refractivity (Wildman–Crippen MR) is 92.2 cm³/mol. The molecule has 1 aromatic carbocycles. The summed E-state index contributed by atoms with van der Waals surface area (Å²) < 4.78 is 8.35. The summed E-state index contributed by atoms with van der Waals surface area (Å²) in [4.78, 5) is 4.84.